The van der Waals surface area contributed by atoms with Crippen LogP contribution >= 0.6 is 23.2 Å². The first-order valence-corrected chi connectivity index (χ1v) is 18.7. The average Bonchev–Trinajstić information content (AvgIpc) is 3.55. The number of amides is 4. The minimum Gasteiger partial charge on any atom is -0.508 e. The van der Waals surface area contributed by atoms with Crippen molar-refractivity contribution in [3.05, 3.63) is 123 Å². The van der Waals surface area contributed by atoms with E-state index in [0.29, 0.717) is 28.3 Å². The number of imide groups is 2. The van der Waals surface area contributed by atoms with Crippen molar-refractivity contribution in [1.29, 1.82) is 0 Å². The van der Waals surface area contributed by atoms with Crippen molar-refractivity contribution in [2.75, 3.05) is 26.2 Å². The van der Waals surface area contributed by atoms with Crippen molar-refractivity contribution in [3.8, 4) is 23.0 Å². The molecule has 8 rings (SSSR count). The van der Waals surface area contributed by atoms with Gasteiger partial charge in [0.15, 0.2) is 0 Å². The van der Waals surface area contributed by atoms with Gasteiger partial charge in [-0.2, -0.15) is 5.01 Å². The molecule has 1 saturated carbocycles. The third kappa shape index (κ3) is 5.71. The van der Waals surface area contributed by atoms with Crippen LogP contribution in [0.5, 0.6) is 23.0 Å². The number of phenols is 2. The predicted molar refractivity (Wildman–Crippen MR) is 204 cm³/mol. The van der Waals surface area contributed by atoms with Crippen molar-refractivity contribution in [1.82, 2.24) is 9.91 Å². The van der Waals surface area contributed by atoms with Crippen molar-refractivity contribution < 1.29 is 38.9 Å². The SMILES string of the molecule is COc1ccc([C@@]23C(=O)N(Nc4ccc(Cl)cc4Cl)C(=O)[C@@H]2C[C@@H]2C(=CC[C@@H]4C(=O)N(CCc5ccc(O)cc5)C(=O)[C@@H]42)[C@@H]3c2c(O)cccc2OC)cc1. The Morgan fingerprint density at radius 2 is 1.60 bits per heavy atom. The molecule has 0 spiro atoms. The number of carbonyl (C=O) groups excluding carboxylic acids is 4. The highest BCUT2D eigenvalue weighted by Gasteiger charge is 2.71. The summed E-state index contributed by atoms with van der Waals surface area (Å²) in [6.45, 7) is 0.143. The van der Waals surface area contributed by atoms with Gasteiger partial charge in [-0.1, -0.05) is 65.2 Å². The Morgan fingerprint density at radius 3 is 2.29 bits per heavy atom. The number of hydrazine groups is 1. The molecule has 2 heterocycles. The van der Waals surface area contributed by atoms with Gasteiger partial charge in [-0.25, -0.2) is 0 Å². The van der Waals surface area contributed by atoms with Crippen LogP contribution in [0.3, 0.4) is 0 Å². The Morgan fingerprint density at radius 1 is 0.855 bits per heavy atom. The number of nitrogens with zero attached hydrogens (tertiary/aromatic N) is 2. The number of carbonyl (C=O) groups is 4. The van der Waals surface area contributed by atoms with Crippen LogP contribution < -0.4 is 14.9 Å². The molecule has 6 atom stereocenters. The zero-order valence-electron chi connectivity index (χ0n) is 29.9. The lowest BCUT2D eigenvalue weighted by atomic mass is 9.49. The summed E-state index contributed by atoms with van der Waals surface area (Å²) in [6, 6.07) is 23.0. The van der Waals surface area contributed by atoms with Crippen LogP contribution in [0, 0.1) is 23.7 Å². The molecule has 2 saturated heterocycles. The lowest BCUT2D eigenvalue weighted by Gasteiger charge is -2.50. The van der Waals surface area contributed by atoms with Crippen LogP contribution in [-0.2, 0) is 31.0 Å². The molecule has 3 fully saturated rings. The number of anilines is 1. The number of ether oxygens (including phenoxy) is 2. The molecule has 282 valence electrons. The van der Waals surface area contributed by atoms with Crippen molar-refractivity contribution in [2.24, 2.45) is 23.7 Å². The van der Waals surface area contributed by atoms with Crippen LogP contribution in [0.15, 0.2) is 96.6 Å². The molecule has 0 bridgehead atoms. The van der Waals surface area contributed by atoms with Gasteiger partial charge in [0.05, 0.1) is 48.1 Å². The first kappa shape index (κ1) is 36.5. The molecule has 0 radical (unpaired) electrons. The molecule has 11 nitrogen and oxygen atoms in total. The average molecular weight is 783 g/mol. The number of likely N-dealkylation sites (tertiary alicyclic amines) is 1. The molecule has 0 aromatic heterocycles. The summed E-state index contributed by atoms with van der Waals surface area (Å²) in [5.41, 5.74) is 3.87. The first-order chi connectivity index (χ1) is 26.5. The number of nitrogens with one attached hydrogen (secondary N) is 1. The number of allylic oxidation sites excluding steroid dienone is 2. The minimum absolute atomic E-state index is 0.0629. The number of fused-ring (bicyclic) bond motifs is 4. The second-order valence-electron chi connectivity index (χ2n) is 14.3. The second-order valence-corrected chi connectivity index (χ2v) is 15.2. The summed E-state index contributed by atoms with van der Waals surface area (Å²) in [5.74, 6) is -5.22. The summed E-state index contributed by atoms with van der Waals surface area (Å²) >= 11 is 12.7. The van der Waals surface area contributed by atoms with Gasteiger partial charge in [0.2, 0.25) is 11.8 Å². The molecular formula is C42H37Cl2N3O8. The Hall–Kier alpha value is -5.52. The fraction of sp³-hybridized carbons (Fsp3) is 0.286. The third-order valence-electron chi connectivity index (χ3n) is 11.8. The predicted octanol–water partition coefficient (Wildman–Crippen LogP) is 6.65. The number of halogens is 2. The highest BCUT2D eigenvalue weighted by molar-refractivity contribution is 6.36. The third-order valence-corrected chi connectivity index (χ3v) is 12.3. The summed E-state index contributed by atoms with van der Waals surface area (Å²) < 4.78 is 11.3. The Labute approximate surface area is 327 Å². The number of hydrogen-bond donors (Lipinski definition) is 3. The molecule has 2 aliphatic carbocycles. The van der Waals surface area contributed by atoms with Gasteiger partial charge in [-0.3, -0.25) is 29.5 Å². The molecule has 4 aromatic carbocycles. The molecule has 3 N–H and O–H groups in total. The zero-order chi connectivity index (χ0) is 38.8. The minimum atomic E-state index is -1.67. The Balaban J connectivity index is 1.29. The Kier molecular flexibility index (Phi) is 9.25. The number of methoxy groups -OCH3 is 2. The normalized spacial score (nSPS) is 25.7. The largest absolute Gasteiger partial charge is 0.508 e. The second kappa shape index (κ2) is 14.0. The topological polar surface area (TPSA) is 146 Å². The van der Waals surface area contributed by atoms with E-state index in [1.807, 2.05) is 6.08 Å². The number of benzene rings is 4. The summed E-state index contributed by atoms with van der Waals surface area (Å²) in [6.07, 6.45) is 2.59. The van der Waals surface area contributed by atoms with E-state index < -0.39 is 46.8 Å². The fourth-order valence-corrected chi connectivity index (χ4v) is 9.80. The summed E-state index contributed by atoms with van der Waals surface area (Å²) in [4.78, 5) is 60.2. The molecule has 4 aromatic rings. The highest BCUT2D eigenvalue weighted by Crippen LogP contribution is 2.66. The van der Waals surface area contributed by atoms with Gasteiger partial charge >= 0.3 is 0 Å². The van der Waals surface area contributed by atoms with Gasteiger partial charge < -0.3 is 19.7 Å². The van der Waals surface area contributed by atoms with Gasteiger partial charge in [-0.15, -0.1) is 0 Å². The quantitative estimate of drug-likeness (QED) is 0.126. The lowest BCUT2D eigenvalue weighted by molar-refractivity contribution is -0.141. The van der Waals surface area contributed by atoms with E-state index in [-0.39, 0.29) is 64.7 Å². The maximum atomic E-state index is 15.5. The monoisotopic (exact) mass is 781 g/mol. The van der Waals surface area contributed by atoms with Crippen molar-refractivity contribution in [3.63, 3.8) is 0 Å². The molecule has 4 amide bonds. The van der Waals surface area contributed by atoms with Crippen LogP contribution in [0.4, 0.5) is 5.69 Å². The van der Waals surface area contributed by atoms with Gasteiger partial charge in [-0.05, 0) is 90.9 Å². The maximum Gasteiger partial charge on any atom is 0.260 e. The van der Waals surface area contributed by atoms with Crippen LogP contribution in [0.2, 0.25) is 10.0 Å². The molecule has 0 unspecified atom stereocenters. The first-order valence-electron chi connectivity index (χ1n) is 17.9. The van der Waals surface area contributed by atoms with Crippen molar-refractivity contribution in [2.45, 2.75) is 30.6 Å². The molecular weight excluding hydrogens is 745 g/mol. The Bertz CT molecular complexity index is 2260. The summed E-state index contributed by atoms with van der Waals surface area (Å²) in [5, 5.41) is 23.0. The number of hydrogen-bond acceptors (Lipinski definition) is 9. The molecule has 4 aliphatic rings. The van der Waals surface area contributed by atoms with E-state index >= 15 is 4.79 Å². The van der Waals surface area contributed by atoms with E-state index in [9.17, 15) is 24.6 Å². The smallest absolute Gasteiger partial charge is 0.260 e. The van der Waals surface area contributed by atoms with E-state index in [1.54, 1.807) is 72.8 Å². The molecule has 2 aliphatic heterocycles. The number of rotatable bonds is 9. The fourth-order valence-electron chi connectivity index (χ4n) is 9.35. The molecule has 55 heavy (non-hydrogen) atoms. The highest BCUT2D eigenvalue weighted by atomic mass is 35.5. The zero-order valence-corrected chi connectivity index (χ0v) is 31.4. The molecule has 13 heteroatoms. The van der Waals surface area contributed by atoms with E-state index in [1.165, 1.54) is 31.3 Å². The lowest BCUT2D eigenvalue weighted by Crippen LogP contribution is -2.53. The standard InChI is InChI=1S/C42H37Cl2N3O8/c1-54-26-13-8-23(9-14-26)42-30(39(51)47(41(42)53)45-32-17-10-24(43)20-31(32)44)21-29-27(37(42)36-33(49)4-3-5-34(36)55-2)15-16-28-35(29)40(52)46(38(28)50)19-18-22-6-11-25(48)12-7-22/h3-15,17,20,28-30,35,37,45,48-49H,16,18-19,21H2,1-2H3/t28-,29+,30-,35-,37+,42+/m0/s1. The van der Waals surface area contributed by atoms with E-state index in [0.717, 1.165) is 10.6 Å². The van der Waals surface area contributed by atoms with E-state index in [2.05, 4.69) is 5.43 Å². The van der Waals surface area contributed by atoms with Gasteiger partial charge in [0.25, 0.3) is 11.8 Å². The van der Waals surface area contributed by atoms with Crippen molar-refractivity contribution >= 4 is 52.5 Å². The van der Waals surface area contributed by atoms with Gasteiger partial charge in [0.1, 0.15) is 23.0 Å². The van der Waals surface area contributed by atoms with Crippen LogP contribution in [0.1, 0.15) is 35.4 Å². The number of aromatic hydroxyl groups is 2. The van der Waals surface area contributed by atoms with Gasteiger partial charge in [0, 0.05) is 23.0 Å². The van der Waals surface area contributed by atoms with E-state index in [4.69, 9.17) is 32.7 Å². The van der Waals surface area contributed by atoms with Crippen LogP contribution in [-0.4, -0.2) is 64.5 Å². The van der Waals surface area contributed by atoms with Crippen LogP contribution in [0.25, 0.3) is 0 Å². The maximum absolute atomic E-state index is 15.5. The summed E-state index contributed by atoms with van der Waals surface area (Å²) in [7, 11) is 2.99. The number of phenolic OH excluding ortho intramolecular Hbond substituents is 2.